The summed E-state index contributed by atoms with van der Waals surface area (Å²) in [5.41, 5.74) is 0.946. The highest BCUT2D eigenvalue weighted by Crippen LogP contribution is 2.27. The maximum absolute atomic E-state index is 5.42. The van der Waals surface area contributed by atoms with Gasteiger partial charge in [0.05, 0.1) is 32.0 Å². The quantitative estimate of drug-likeness (QED) is 0.796. The maximum Gasteiger partial charge on any atom is 0.150 e. The van der Waals surface area contributed by atoms with E-state index in [-0.39, 0.29) is 0 Å². The molecule has 0 N–H and O–H groups in total. The molecule has 8 heteroatoms. The van der Waals surface area contributed by atoms with E-state index in [1.54, 1.807) is 0 Å². The van der Waals surface area contributed by atoms with E-state index < -0.39 is 0 Å². The van der Waals surface area contributed by atoms with Gasteiger partial charge in [-0.15, -0.1) is 10.2 Å². The Labute approximate surface area is 154 Å². The topological polar surface area (TPSA) is 72.5 Å². The number of morpholine rings is 1. The fraction of sp³-hybridized carbons (Fsp3) is 0.722. The molecule has 0 bridgehead atoms. The van der Waals surface area contributed by atoms with Gasteiger partial charge in [0.25, 0.3) is 0 Å². The average molecular weight is 360 g/mol. The van der Waals surface area contributed by atoms with E-state index in [0.29, 0.717) is 5.92 Å². The number of hydrogen-bond acceptors (Lipinski definition) is 7. The molecule has 8 nitrogen and oxygen atoms in total. The van der Waals surface area contributed by atoms with Crippen LogP contribution in [0.25, 0.3) is 0 Å². The minimum absolute atomic E-state index is 0.485. The minimum Gasteiger partial charge on any atom is -0.379 e. The highest BCUT2D eigenvalue weighted by atomic mass is 16.5. The van der Waals surface area contributed by atoms with E-state index in [2.05, 4.69) is 36.8 Å². The SMILES string of the molecule is Cc1cc(CN2CCC(c3nnc(CN4CCOCC4)n3C)CC2)on1. The molecule has 142 valence electrons. The van der Waals surface area contributed by atoms with Crippen molar-refractivity contribution in [1.29, 1.82) is 0 Å². The summed E-state index contributed by atoms with van der Waals surface area (Å²) in [4.78, 5) is 4.82. The van der Waals surface area contributed by atoms with Gasteiger partial charge in [-0.2, -0.15) is 0 Å². The molecule has 0 aliphatic carbocycles. The Morgan fingerprint density at radius 2 is 1.77 bits per heavy atom. The first kappa shape index (κ1) is 17.6. The lowest BCUT2D eigenvalue weighted by atomic mass is 9.96. The molecule has 2 aromatic rings. The molecule has 4 rings (SSSR count). The van der Waals surface area contributed by atoms with Crippen molar-refractivity contribution in [2.45, 2.75) is 38.8 Å². The smallest absolute Gasteiger partial charge is 0.150 e. The van der Waals surface area contributed by atoms with Crippen LogP contribution >= 0.6 is 0 Å². The number of piperidine rings is 1. The third-order valence-electron chi connectivity index (χ3n) is 5.48. The zero-order valence-electron chi connectivity index (χ0n) is 15.7. The summed E-state index contributed by atoms with van der Waals surface area (Å²) in [6, 6.07) is 2.02. The number of nitrogens with zero attached hydrogens (tertiary/aromatic N) is 6. The first-order chi connectivity index (χ1) is 12.7. The standard InChI is InChI=1S/C18H28N6O2/c1-14-11-16(26-21-14)12-23-5-3-15(4-6-23)18-20-19-17(22(18)2)13-24-7-9-25-10-8-24/h11,15H,3-10,12-13H2,1-2H3. The number of likely N-dealkylation sites (tertiary alicyclic amines) is 1. The normalized spacial score (nSPS) is 20.7. The van der Waals surface area contributed by atoms with Gasteiger partial charge in [-0.25, -0.2) is 0 Å². The second kappa shape index (κ2) is 7.85. The molecule has 0 aromatic carbocycles. The Kier molecular flexibility index (Phi) is 5.33. The molecule has 0 spiro atoms. The van der Waals surface area contributed by atoms with Gasteiger partial charge in [0.15, 0.2) is 5.76 Å². The zero-order chi connectivity index (χ0) is 17.9. The van der Waals surface area contributed by atoms with Crippen molar-refractivity contribution < 1.29 is 9.26 Å². The molecule has 0 unspecified atom stereocenters. The van der Waals surface area contributed by atoms with Crippen LogP contribution in [-0.4, -0.2) is 69.1 Å². The second-order valence-corrected chi connectivity index (χ2v) is 7.41. The summed E-state index contributed by atoms with van der Waals surface area (Å²) in [7, 11) is 2.11. The summed E-state index contributed by atoms with van der Waals surface area (Å²) in [6.07, 6.45) is 2.22. The van der Waals surface area contributed by atoms with Crippen molar-refractivity contribution in [3.8, 4) is 0 Å². The summed E-state index contributed by atoms with van der Waals surface area (Å²) in [6.45, 7) is 9.34. The van der Waals surface area contributed by atoms with Gasteiger partial charge in [-0.05, 0) is 32.9 Å². The fourth-order valence-corrected chi connectivity index (χ4v) is 3.89. The van der Waals surface area contributed by atoms with Gasteiger partial charge in [0.1, 0.15) is 11.6 Å². The van der Waals surface area contributed by atoms with E-state index in [1.807, 2.05) is 13.0 Å². The summed E-state index contributed by atoms with van der Waals surface area (Å²) in [5.74, 6) is 3.62. The number of aryl methyl sites for hydroxylation is 1. The molecule has 2 saturated heterocycles. The van der Waals surface area contributed by atoms with Crippen molar-refractivity contribution in [2.24, 2.45) is 7.05 Å². The molecule has 2 aliphatic heterocycles. The predicted molar refractivity (Wildman–Crippen MR) is 95.6 cm³/mol. The van der Waals surface area contributed by atoms with Crippen LogP contribution in [-0.2, 0) is 24.9 Å². The summed E-state index contributed by atoms with van der Waals surface area (Å²) in [5, 5.41) is 13.0. The Bertz CT molecular complexity index is 713. The van der Waals surface area contributed by atoms with Gasteiger partial charge in [0, 0.05) is 32.1 Å². The molecule has 2 aromatic heterocycles. The van der Waals surface area contributed by atoms with E-state index >= 15 is 0 Å². The van der Waals surface area contributed by atoms with Gasteiger partial charge >= 0.3 is 0 Å². The Morgan fingerprint density at radius 1 is 1.04 bits per heavy atom. The zero-order valence-corrected chi connectivity index (χ0v) is 15.7. The first-order valence-corrected chi connectivity index (χ1v) is 9.52. The maximum atomic E-state index is 5.42. The minimum atomic E-state index is 0.485. The van der Waals surface area contributed by atoms with E-state index in [4.69, 9.17) is 9.26 Å². The number of ether oxygens (including phenoxy) is 1. The summed E-state index contributed by atoms with van der Waals surface area (Å²) < 4.78 is 13.0. The third-order valence-corrected chi connectivity index (χ3v) is 5.48. The van der Waals surface area contributed by atoms with Crippen LogP contribution in [0, 0.1) is 6.92 Å². The van der Waals surface area contributed by atoms with E-state index in [1.165, 1.54) is 0 Å². The van der Waals surface area contributed by atoms with Crippen LogP contribution in [0.5, 0.6) is 0 Å². The molecule has 0 amide bonds. The van der Waals surface area contributed by atoms with Crippen molar-refractivity contribution >= 4 is 0 Å². The lowest BCUT2D eigenvalue weighted by Gasteiger charge is -2.30. The lowest BCUT2D eigenvalue weighted by Crippen LogP contribution is -2.36. The molecule has 26 heavy (non-hydrogen) atoms. The Balaban J connectivity index is 1.32. The molecule has 4 heterocycles. The number of rotatable bonds is 5. The van der Waals surface area contributed by atoms with Crippen LogP contribution in [0.15, 0.2) is 10.6 Å². The number of hydrogen-bond donors (Lipinski definition) is 0. The molecule has 0 radical (unpaired) electrons. The van der Waals surface area contributed by atoms with E-state index in [9.17, 15) is 0 Å². The van der Waals surface area contributed by atoms with Crippen LogP contribution in [0.1, 0.15) is 41.9 Å². The van der Waals surface area contributed by atoms with E-state index in [0.717, 1.165) is 88.4 Å². The average Bonchev–Trinajstić information content (AvgIpc) is 3.23. The van der Waals surface area contributed by atoms with Crippen molar-refractivity contribution in [2.75, 3.05) is 39.4 Å². The monoisotopic (exact) mass is 360 g/mol. The summed E-state index contributed by atoms with van der Waals surface area (Å²) >= 11 is 0. The van der Waals surface area contributed by atoms with Crippen LogP contribution in [0.2, 0.25) is 0 Å². The highest BCUT2D eigenvalue weighted by molar-refractivity contribution is 5.05. The van der Waals surface area contributed by atoms with Crippen LogP contribution in [0.4, 0.5) is 0 Å². The van der Waals surface area contributed by atoms with Crippen LogP contribution in [0.3, 0.4) is 0 Å². The highest BCUT2D eigenvalue weighted by Gasteiger charge is 2.26. The Morgan fingerprint density at radius 3 is 2.46 bits per heavy atom. The van der Waals surface area contributed by atoms with Crippen molar-refractivity contribution in [1.82, 2.24) is 29.7 Å². The van der Waals surface area contributed by atoms with Gasteiger partial charge < -0.3 is 13.8 Å². The van der Waals surface area contributed by atoms with Gasteiger partial charge in [0.2, 0.25) is 0 Å². The molecule has 0 atom stereocenters. The van der Waals surface area contributed by atoms with Crippen molar-refractivity contribution in [3.05, 3.63) is 29.2 Å². The molecule has 0 saturated carbocycles. The molecular weight excluding hydrogens is 332 g/mol. The Hall–Kier alpha value is -1.77. The largest absolute Gasteiger partial charge is 0.379 e. The van der Waals surface area contributed by atoms with Crippen LogP contribution < -0.4 is 0 Å². The predicted octanol–water partition coefficient (Wildman–Crippen LogP) is 1.32. The molecular formula is C18H28N6O2. The lowest BCUT2D eigenvalue weighted by molar-refractivity contribution is 0.0326. The van der Waals surface area contributed by atoms with Crippen molar-refractivity contribution in [3.63, 3.8) is 0 Å². The van der Waals surface area contributed by atoms with Gasteiger partial charge in [-0.1, -0.05) is 5.16 Å². The molecule has 2 aliphatic rings. The number of aromatic nitrogens is 4. The third kappa shape index (κ3) is 3.97. The first-order valence-electron chi connectivity index (χ1n) is 9.52. The fourth-order valence-electron chi connectivity index (χ4n) is 3.89. The van der Waals surface area contributed by atoms with Gasteiger partial charge in [-0.3, -0.25) is 9.80 Å². The second-order valence-electron chi connectivity index (χ2n) is 7.41. The molecule has 2 fully saturated rings.